The van der Waals surface area contributed by atoms with E-state index < -0.39 is 11.4 Å². The molecular formula is C10H11BrClFO. The molecule has 1 nitrogen and oxygen atoms in total. The average molecular weight is 282 g/mol. The van der Waals surface area contributed by atoms with Crippen molar-refractivity contribution >= 4 is 27.5 Å². The third-order valence-corrected chi connectivity index (χ3v) is 2.78. The van der Waals surface area contributed by atoms with Gasteiger partial charge in [0.1, 0.15) is 5.82 Å². The van der Waals surface area contributed by atoms with Crippen LogP contribution < -0.4 is 0 Å². The maximum atomic E-state index is 13.5. The van der Waals surface area contributed by atoms with Crippen LogP contribution in [0.25, 0.3) is 0 Å². The summed E-state index contributed by atoms with van der Waals surface area (Å²) in [5.41, 5.74) is -0.543. The van der Waals surface area contributed by atoms with Gasteiger partial charge in [0.2, 0.25) is 0 Å². The zero-order valence-electron chi connectivity index (χ0n) is 7.94. The van der Waals surface area contributed by atoms with Gasteiger partial charge in [-0.05, 0) is 26.0 Å². The Morgan fingerprint density at radius 2 is 2.07 bits per heavy atom. The van der Waals surface area contributed by atoms with Crippen molar-refractivity contribution in [3.8, 4) is 0 Å². The Kier molecular flexibility index (Phi) is 3.56. The highest BCUT2D eigenvalue weighted by Crippen LogP contribution is 2.28. The van der Waals surface area contributed by atoms with Crippen molar-refractivity contribution in [2.24, 2.45) is 0 Å². The molecule has 0 aliphatic rings. The van der Waals surface area contributed by atoms with E-state index in [2.05, 4.69) is 15.9 Å². The van der Waals surface area contributed by atoms with Crippen LogP contribution in [0.1, 0.15) is 19.4 Å². The Morgan fingerprint density at radius 1 is 1.50 bits per heavy atom. The smallest absolute Gasteiger partial charge is 0.146 e. The molecule has 1 rings (SSSR count). The summed E-state index contributed by atoms with van der Waals surface area (Å²) in [6, 6.07) is 3.15. The molecule has 0 spiro atoms. The predicted molar refractivity (Wildman–Crippen MR) is 59.1 cm³/mol. The highest BCUT2D eigenvalue weighted by Gasteiger charge is 2.19. The summed E-state index contributed by atoms with van der Waals surface area (Å²) >= 11 is 8.86. The van der Waals surface area contributed by atoms with Crippen LogP contribution in [-0.4, -0.2) is 10.7 Å². The SMILES string of the molecule is CC(C)(O)Cc1c(Br)ccc(Cl)c1F. The summed E-state index contributed by atoms with van der Waals surface area (Å²) in [5, 5.41) is 9.66. The minimum Gasteiger partial charge on any atom is -0.390 e. The second-order valence-electron chi connectivity index (χ2n) is 3.81. The van der Waals surface area contributed by atoms with Crippen LogP contribution >= 0.6 is 27.5 Å². The molecule has 0 heterocycles. The first kappa shape index (κ1) is 12.0. The number of hydrogen-bond donors (Lipinski definition) is 1. The van der Waals surface area contributed by atoms with Gasteiger partial charge in [0.05, 0.1) is 10.6 Å². The van der Waals surface area contributed by atoms with E-state index in [1.165, 1.54) is 6.07 Å². The van der Waals surface area contributed by atoms with Gasteiger partial charge in [0.25, 0.3) is 0 Å². The van der Waals surface area contributed by atoms with E-state index in [1.807, 2.05) is 0 Å². The largest absolute Gasteiger partial charge is 0.390 e. The molecule has 78 valence electrons. The van der Waals surface area contributed by atoms with Gasteiger partial charge in [-0.25, -0.2) is 4.39 Å². The lowest BCUT2D eigenvalue weighted by atomic mass is 9.98. The number of aliphatic hydroxyl groups is 1. The van der Waals surface area contributed by atoms with Gasteiger partial charge >= 0.3 is 0 Å². The van der Waals surface area contributed by atoms with E-state index in [-0.39, 0.29) is 11.4 Å². The summed E-state index contributed by atoms with van der Waals surface area (Å²) in [7, 11) is 0. The van der Waals surface area contributed by atoms with E-state index in [1.54, 1.807) is 19.9 Å². The molecule has 0 bridgehead atoms. The van der Waals surface area contributed by atoms with Gasteiger partial charge < -0.3 is 5.11 Å². The maximum Gasteiger partial charge on any atom is 0.146 e. The van der Waals surface area contributed by atoms with Crippen LogP contribution in [0.5, 0.6) is 0 Å². The molecule has 0 unspecified atom stereocenters. The van der Waals surface area contributed by atoms with Crippen molar-refractivity contribution in [2.45, 2.75) is 25.9 Å². The van der Waals surface area contributed by atoms with Crippen LogP contribution in [0.2, 0.25) is 5.02 Å². The summed E-state index contributed by atoms with van der Waals surface area (Å²) in [6.45, 7) is 3.25. The van der Waals surface area contributed by atoms with E-state index >= 15 is 0 Å². The van der Waals surface area contributed by atoms with Crippen LogP contribution in [0.4, 0.5) is 4.39 Å². The Balaban J connectivity index is 3.13. The Hall–Kier alpha value is -0.120. The molecule has 0 amide bonds. The quantitative estimate of drug-likeness (QED) is 0.822. The Bertz CT molecular complexity index is 347. The zero-order valence-corrected chi connectivity index (χ0v) is 10.3. The fourth-order valence-corrected chi connectivity index (χ4v) is 1.79. The first-order chi connectivity index (χ1) is 6.31. The van der Waals surface area contributed by atoms with Crippen LogP contribution in [0.3, 0.4) is 0 Å². The Morgan fingerprint density at radius 3 is 2.57 bits per heavy atom. The number of halogens is 3. The normalized spacial score (nSPS) is 11.9. The third-order valence-electron chi connectivity index (χ3n) is 1.75. The lowest BCUT2D eigenvalue weighted by molar-refractivity contribution is 0.0798. The van der Waals surface area contributed by atoms with Gasteiger partial charge in [-0.2, -0.15) is 0 Å². The molecule has 0 aliphatic heterocycles. The lowest BCUT2D eigenvalue weighted by Gasteiger charge is -2.18. The van der Waals surface area contributed by atoms with E-state index in [0.29, 0.717) is 10.0 Å². The monoisotopic (exact) mass is 280 g/mol. The second-order valence-corrected chi connectivity index (χ2v) is 5.07. The third kappa shape index (κ3) is 2.94. The first-order valence-corrected chi connectivity index (χ1v) is 5.33. The Labute approximate surface area is 96.0 Å². The van der Waals surface area contributed by atoms with Gasteiger partial charge in [-0.3, -0.25) is 0 Å². The molecule has 0 aliphatic carbocycles. The highest BCUT2D eigenvalue weighted by molar-refractivity contribution is 9.10. The molecule has 1 aromatic rings. The van der Waals surface area contributed by atoms with Gasteiger partial charge in [0, 0.05) is 16.5 Å². The average Bonchev–Trinajstić information content (AvgIpc) is 2.04. The minimum atomic E-state index is -0.950. The molecule has 1 N–H and O–H groups in total. The summed E-state index contributed by atoms with van der Waals surface area (Å²) in [6.07, 6.45) is 0.222. The topological polar surface area (TPSA) is 20.2 Å². The minimum absolute atomic E-state index is 0.0763. The summed E-state index contributed by atoms with van der Waals surface area (Å²) < 4.78 is 14.1. The molecule has 0 fully saturated rings. The van der Waals surface area contributed by atoms with Gasteiger partial charge in [0.15, 0.2) is 0 Å². The van der Waals surface area contributed by atoms with Crippen molar-refractivity contribution in [1.82, 2.24) is 0 Å². The fourth-order valence-electron chi connectivity index (χ4n) is 1.16. The van der Waals surface area contributed by atoms with Crippen molar-refractivity contribution in [2.75, 3.05) is 0 Å². The standard InChI is InChI=1S/C10H11BrClFO/c1-10(2,14)5-6-7(11)3-4-8(12)9(6)13/h3-4,14H,5H2,1-2H3. The van der Waals surface area contributed by atoms with Crippen LogP contribution in [0.15, 0.2) is 16.6 Å². The predicted octanol–water partition coefficient (Wildman–Crippen LogP) is 3.56. The maximum absolute atomic E-state index is 13.5. The number of benzene rings is 1. The zero-order chi connectivity index (χ0) is 10.9. The van der Waals surface area contributed by atoms with Crippen molar-refractivity contribution in [3.63, 3.8) is 0 Å². The molecule has 0 aromatic heterocycles. The molecule has 0 radical (unpaired) electrons. The molecule has 0 saturated carbocycles. The van der Waals surface area contributed by atoms with E-state index in [0.717, 1.165) is 0 Å². The highest BCUT2D eigenvalue weighted by atomic mass is 79.9. The van der Waals surface area contributed by atoms with E-state index in [4.69, 9.17) is 11.6 Å². The van der Waals surface area contributed by atoms with Gasteiger partial charge in [-0.15, -0.1) is 0 Å². The van der Waals surface area contributed by atoms with Gasteiger partial charge in [-0.1, -0.05) is 27.5 Å². The molecule has 4 heteroatoms. The summed E-state index contributed by atoms with van der Waals surface area (Å²) in [5.74, 6) is -0.469. The molecular weight excluding hydrogens is 270 g/mol. The van der Waals surface area contributed by atoms with Crippen LogP contribution in [-0.2, 0) is 6.42 Å². The lowest BCUT2D eigenvalue weighted by Crippen LogP contribution is -2.22. The molecule has 0 saturated heterocycles. The second kappa shape index (κ2) is 4.17. The van der Waals surface area contributed by atoms with Crippen molar-refractivity contribution < 1.29 is 9.50 Å². The molecule has 14 heavy (non-hydrogen) atoms. The first-order valence-electron chi connectivity index (χ1n) is 4.16. The van der Waals surface area contributed by atoms with Crippen LogP contribution in [0, 0.1) is 5.82 Å². The summed E-state index contributed by atoms with van der Waals surface area (Å²) in [4.78, 5) is 0. The van der Waals surface area contributed by atoms with E-state index in [9.17, 15) is 9.50 Å². The number of hydrogen-bond acceptors (Lipinski definition) is 1. The van der Waals surface area contributed by atoms with Crippen molar-refractivity contribution in [1.29, 1.82) is 0 Å². The number of rotatable bonds is 2. The van der Waals surface area contributed by atoms with Crippen molar-refractivity contribution in [3.05, 3.63) is 33.0 Å². The molecule has 1 aromatic carbocycles. The molecule has 0 atom stereocenters. The fraction of sp³-hybridized carbons (Fsp3) is 0.400.